The molecule has 0 aromatic carbocycles. The van der Waals surface area contributed by atoms with Crippen LogP contribution in [0.3, 0.4) is 0 Å². The molecule has 1 fully saturated rings. The minimum atomic E-state index is -1.08. The van der Waals surface area contributed by atoms with Crippen molar-refractivity contribution >= 4 is 35.4 Å². The first kappa shape index (κ1) is 31.6. The van der Waals surface area contributed by atoms with Crippen molar-refractivity contribution in [3.05, 3.63) is 12.7 Å². The van der Waals surface area contributed by atoms with E-state index in [-0.39, 0.29) is 25.0 Å². The van der Waals surface area contributed by atoms with Crippen molar-refractivity contribution in [2.45, 2.75) is 78.6 Å². The number of amides is 6. The molecule has 2 unspecified atom stereocenters. The van der Waals surface area contributed by atoms with Crippen LogP contribution in [0, 0.1) is 5.41 Å². The highest BCUT2D eigenvalue weighted by molar-refractivity contribution is 6.38. The summed E-state index contributed by atoms with van der Waals surface area (Å²) >= 11 is 0. The van der Waals surface area contributed by atoms with Gasteiger partial charge in [0.05, 0.1) is 12.6 Å². The van der Waals surface area contributed by atoms with Gasteiger partial charge in [0.15, 0.2) is 0 Å². The number of likely N-dealkylation sites (N-methyl/N-ethyl adjacent to an activating group) is 1. The highest BCUT2D eigenvalue weighted by atomic mass is 16.2. The van der Waals surface area contributed by atoms with Crippen LogP contribution in [0.1, 0.15) is 54.4 Å². The first-order valence-corrected chi connectivity index (χ1v) is 12.5. The zero-order valence-corrected chi connectivity index (χ0v) is 23.0. The number of nitrogens with one attached hydrogen (secondary N) is 4. The van der Waals surface area contributed by atoms with Gasteiger partial charge in [0.25, 0.3) is 5.91 Å². The van der Waals surface area contributed by atoms with Gasteiger partial charge in [-0.15, -0.1) is 6.58 Å². The number of carbonyl (C=O) groups is 6. The lowest BCUT2D eigenvalue weighted by molar-refractivity contribution is -0.143. The van der Waals surface area contributed by atoms with Gasteiger partial charge in [-0.25, -0.2) is 4.79 Å². The number of hydrogen-bond acceptors (Lipinski definition) is 6. The Balaban J connectivity index is 2.88. The Morgan fingerprint density at radius 2 is 1.68 bits per heavy atom. The predicted molar refractivity (Wildman–Crippen MR) is 138 cm³/mol. The number of carbonyl (C=O) groups excluding carboxylic acids is 6. The number of Topliss-reactive ketones (excluding diaryl/α,β-unsaturated/α-hetero) is 1. The Morgan fingerprint density at radius 1 is 1.05 bits per heavy atom. The summed E-state index contributed by atoms with van der Waals surface area (Å²) in [6.07, 6.45) is 2.36. The average molecular weight is 523 g/mol. The van der Waals surface area contributed by atoms with E-state index in [4.69, 9.17) is 0 Å². The van der Waals surface area contributed by atoms with Gasteiger partial charge >= 0.3 is 6.03 Å². The molecule has 12 heteroatoms. The quantitative estimate of drug-likeness (QED) is 0.220. The first-order chi connectivity index (χ1) is 17.1. The Bertz CT molecular complexity index is 897. The summed E-state index contributed by atoms with van der Waals surface area (Å²) in [5.74, 6) is -2.93. The lowest BCUT2D eigenvalue weighted by atomic mass is 9.85. The topological polar surface area (TPSA) is 157 Å². The maximum atomic E-state index is 13.5. The highest BCUT2D eigenvalue weighted by Gasteiger charge is 2.42. The number of ketones is 1. The van der Waals surface area contributed by atoms with E-state index >= 15 is 0 Å². The van der Waals surface area contributed by atoms with Crippen LogP contribution in [0.25, 0.3) is 0 Å². The molecule has 0 aromatic heterocycles. The van der Waals surface area contributed by atoms with Gasteiger partial charge in [-0.3, -0.25) is 24.0 Å². The smallest absolute Gasteiger partial charge is 0.315 e. The van der Waals surface area contributed by atoms with Crippen molar-refractivity contribution < 1.29 is 28.8 Å². The SMILES string of the molecule is C=CCNC(=O)C(=O)C(C)NC(=O)C1CCCN1C(=O)[C@@H](NC(=O)NCC(=O)N(C)C(C)C)C(C)(C)C. The van der Waals surface area contributed by atoms with Crippen LogP contribution in [0.15, 0.2) is 12.7 Å². The van der Waals surface area contributed by atoms with Crippen LogP contribution in [-0.4, -0.2) is 96.1 Å². The van der Waals surface area contributed by atoms with Crippen LogP contribution in [0.4, 0.5) is 4.79 Å². The molecule has 0 saturated carbocycles. The average Bonchev–Trinajstić information content (AvgIpc) is 3.32. The summed E-state index contributed by atoms with van der Waals surface area (Å²) in [5, 5.41) is 10.0. The number of nitrogens with zero attached hydrogens (tertiary/aromatic N) is 2. The molecule has 6 amide bonds. The van der Waals surface area contributed by atoms with Crippen LogP contribution >= 0.6 is 0 Å². The molecule has 1 aliphatic rings. The summed E-state index contributed by atoms with van der Waals surface area (Å²) in [6, 6.07) is -3.63. The molecule has 0 aromatic rings. The second-order valence-corrected chi connectivity index (χ2v) is 10.5. The van der Waals surface area contributed by atoms with Gasteiger partial charge in [0.2, 0.25) is 23.5 Å². The highest BCUT2D eigenvalue weighted by Crippen LogP contribution is 2.26. The van der Waals surface area contributed by atoms with Gasteiger partial charge in [0, 0.05) is 26.2 Å². The largest absolute Gasteiger partial charge is 0.346 e. The molecule has 0 radical (unpaired) electrons. The van der Waals surface area contributed by atoms with E-state index in [1.54, 1.807) is 27.8 Å². The maximum absolute atomic E-state index is 13.5. The molecule has 208 valence electrons. The third-order valence-corrected chi connectivity index (χ3v) is 6.18. The normalized spacial score (nSPS) is 16.9. The second kappa shape index (κ2) is 13.8. The molecular weight excluding hydrogens is 480 g/mol. The number of hydrogen-bond donors (Lipinski definition) is 4. The van der Waals surface area contributed by atoms with E-state index in [0.29, 0.717) is 19.4 Å². The van der Waals surface area contributed by atoms with Gasteiger partial charge in [-0.05, 0) is 39.0 Å². The van der Waals surface area contributed by atoms with E-state index in [1.165, 1.54) is 22.8 Å². The summed E-state index contributed by atoms with van der Waals surface area (Å²) < 4.78 is 0. The predicted octanol–water partition coefficient (Wildman–Crippen LogP) is -0.0659. The van der Waals surface area contributed by atoms with Crippen molar-refractivity contribution in [1.29, 1.82) is 0 Å². The van der Waals surface area contributed by atoms with Crippen molar-refractivity contribution in [3.8, 4) is 0 Å². The third-order valence-electron chi connectivity index (χ3n) is 6.18. The fourth-order valence-corrected chi connectivity index (χ4v) is 3.69. The van der Waals surface area contributed by atoms with Crippen LogP contribution in [0.2, 0.25) is 0 Å². The molecule has 37 heavy (non-hydrogen) atoms. The van der Waals surface area contributed by atoms with Gasteiger partial charge in [0.1, 0.15) is 12.1 Å². The van der Waals surface area contributed by atoms with E-state index in [2.05, 4.69) is 27.8 Å². The van der Waals surface area contributed by atoms with E-state index in [9.17, 15) is 28.8 Å². The van der Waals surface area contributed by atoms with Crippen LogP contribution < -0.4 is 21.3 Å². The Morgan fingerprint density at radius 3 is 2.22 bits per heavy atom. The molecule has 12 nitrogen and oxygen atoms in total. The van der Waals surface area contributed by atoms with Crippen molar-refractivity contribution in [3.63, 3.8) is 0 Å². The lowest BCUT2D eigenvalue weighted by Gasteiger charge is -2.35. The van der Waals surface area contributed by atoms with Crippen LogP contribution in [0.5, 0.6) is 0 Å². The number of urea groups is 1. The Labute approximate surface area is 218 Å². The molecule has 0 spiro atoms. The van der Waals surface area contributed by atoms with E-state index < -0.39 is 53.1 Å². The van der Waals surface area contributed by atoms with E-state index in [1.807, 2.05) is 13.8 Å². The standard InChI is InChI=1S/C25H42N6O6/c1-9-12-26-22(35)19(33)16(4)28-21(34)17-11-10-13-31(17)23(36)20(25(5,6)7)29-24(37)27-14-18(32)30(8)15(2)3/h9,15-17,20H,1,10-14H2,2-8H3,(H,26,35)(H,28,34)(H2,27,29,37)/t16?,17?,20-/m1/s1. The third kappa shape index (κ3) is 9.18. The van der Waals surface area contributed by atoms with Crippen molar-refractivity contribution in [2.75, 3.05) is 26.7 Å². The molecule has 0 aliphatic carbocycles. The molecule has 1 rings (SSSR count). The minimum absolute atomic E-state index is 0.0287. The number of rotatable bonds is 11. The second-order valence-electron chi connectivity index (χ2n) is 10.5. The Kier molecular flexibility index (Phi) is 11.7. The van der Waals surface area contributed by atoms with E-state index in [0.717, 1.165) is 0 Å². The monoisotopic (exact) mass is 522 g/mol. The molecule has 1 heterocycles. The molecule has 3 atom stereocenters. The van der Waals surface area contributed by atoms with Crippen molar-refractivity contribution in [1.82, 2.24) is 31.1 Å². The minimum Gasteiger partial charge on any atom is -0.346 e. The summed E-state index contributed by atoms with van der Waals surface area (Å²) in [7, 11) is 1.63. The summed E-state index contributed by atoms with van der Waals surface area (Å²) in [5.41, 5.74) is -0.705. The van der Waals surface area contributed by atoms with Gasteiger partial charge < -0.3 is 31.1 Å². The maximum Gasteiger partial charge on any atom is 0.315 e. The molecule has 0 bridgehead atoms. The molecule has 4 N–H and O–H groups in total. The summed E-state index contributed by atoms with van der Waals surface area (Å²) in [6.45, 7) is 14.1. The fraction of sp³-hybridized carbons (Fsp3) is 0.680. The molecular formula is C25H42N6O6. The molecule has 1 saturated heterocycles. The first-order valence-electron chi connectivity index (χ1n) is 12.5. The number of likely N-dealkylation sites (tertiary alicyclic amines) is 1. The van der Waals surface area contributed by atoms with Crippen molar-refractivity contribution in [2.24, 2.45) is 5.41 Å². The lowest BCUT2D eigenvalue weighted by Crippen LogP contribution is -2.60. The zero-order chi connectivity index (χ0) is 28.5. The zero-order valence-electron chi connectivity index (χ0n) is 23.0. The van der Waals surface area contributed by atoms with Gasteiger partial charge in [-0.2, -0.15) is 0 Å². The molecule has 1 aliphatic heterocycles. The Hall–Kier alpha value is -3.44. The summed E-state index contributed by atoms with van der Waals surface area (Å²) in [4.78, 5) is 78.2. The fourth-order valence-electron chi connectivity index (χ4n) is 3.69. The van der Waals surface area contributed by atoms with Gasteiger partial charge in [-0.1, -0.05) is 26.8 Å². The van der Waals surface area contributed by atoms with Crippen LogP contribution in [-0.2, 0) is 24.0 Å².